The third kappa shape index (κ3) is 4.21. The molecular formula is C13H29N3O. The summed E-state index contributed by atoms with van der Waals surface area (Å²) in [4.78, 5) is 4.83. The number of ether oxygens (including phenoxy) is 1. The smallest absolute Gasteiger partial charge is 0.0638 e. The Morgan fingerprint density at radius 3 is 2.53 bits per heavy atom. The van der Waals surface area contributed by atoms with Gasteiger partial charge < -0.3 is 15.4 Å². The van der Waals surface area contributed by atoms with E-state index in [2.05, 4.69) is 37.7 Å². The van der Waals surface area contributed by atoms with Crippen LogP contribution in [0.5, 0.6) is 0 Å². The van der Waals surface area contributed by atoms with Gasteiger partial charge in [0.1, 0.15) is 0 Å². The SMILES string of the molecule is COC(C)(C)CC(CN)N1CCC(N(C)C)C1. The lowest BCUT2D eigenvalue weighted by Gasteiger charge is -2.34. The Bertz CT molecular complexity index is 231. The van der Waals surface area contributed by atoms with Crippen molar-refractivity contribution in [2.24, 2.45) is 5.73 Å². The van der Waals surface area contributed by atoms with Gasteiger partial charge in [0.15, 0.2) is 0 Å². The summed E-state index contributed by atoms with van der Waals surface area (Å²) in [5.41, 5.74) is 5.84. The van der Waals surface area contributed by atoms with Gasteiger partial charge in [-0.05, 0) is 40.8 Å². The highest BCUT2D eigenvalue weighted by atomic mass is 16.5. The van der Waals surface area contributed by atoms with Crippen molar-refractivity contribution in [1.82, 2.24) is 9.80 Å². The second-order valence-electron chi connectivity index (χ2n) is 5.96. The minimum Gasteiger partial charge on any atom is -0.379 e. The number of likely N-dealkylation sites (N-methyl/N-ethyl adjacent to an activating group) is 1. The molecule has 0 radical (unpaired) electrons. The highest BCUT2D eigenvalue weighted by Crippen LogP contribution is 2.23. The topological polar surface area (TPSA) is 41.7 Å². The van der Waals surface area contributed by atoms with Crippen LogP contribution in [0.15, 0.2) is 0 Å². The Labute approximate surface area is 106 Å². The Balaban J connectivity index is 2.52. The van der Waals surface area contributed by atoms with Crippen LogP contribution in [0.4, 0.5) is 0 Å². The molecule has 4 nitrogen and oxygen atoms in total. The molecule has 1 saturated heterocycles. The molecule has 1 fully saturated rings. The predicted octanol–water partition coefficient (Wildman–Crippen LogP) is 0.765. The van der Waals surface area contributed by atoms with E-state index in [1.807, 2.05) is 0 Å². The Kier molecular flexibility index (Phi) is 5.38. The molecule has 0 spiro atoms. The van der Waals surface area contributed by atoms with Crippen LogP contribution in [0.2, 0.25) is 0 Å². The molecule has 0 aromatic heterocycles. The molecule has 17 heavy (non-hydrogen) atoms. The highest BCUT2D eigenvalue weighted by Gasteiger charge is 2.32. The average molecular weight is 243 g/mol. The molecule has 2 unspecified atom stereocenters. The number of hydrogen-bond acceptors (Lipinski definition) is 4. The summed E-state index contributed by atoms with van der Waals surface area (Å²) in [5, 5.41) is 0. The quantitative estimate of drug-likeness (QED) is 0.748. The molecule has 0 bridgehead atoms. The van der Waals surface area contributed by atoms with E-state index in [1.165, 1.54) is 6.42 Å². The number of methoxy groups -OCH3 is 1. The lowest BCUT2D eigenvalue weighted by atomic mass is 9.98. The van der Waals surface area contributed by atoms with E-state index in [0.29, 0.717) is 18.6 Å². The van der Waals surface area contributed by atoms with Crippen LogP contribution in [0.25, 0.3) is 0 Å². The van der Waals surface area contributed by atoms with Crippen LogP contribution >= 0.6 is 0 Å². The van der Waals surface area contributed by atoms with Crippen molar-refractivity contribution < 1.29 is 4.74 Å². The number of nitrogens with zero attached hydrogens (tertiary/aromatic N) is 2. The van der Waals surface area contributed by atoms with Gasteiger partial charge >= 0.3 is 0 Å². The van der Waals surface area contributed by atoms with Crippen molar-refractivity contribution in [2.45, 2.75) is 44.4 Å². The molecule has 0 aliphatic carbocycles. The van der Waals surface area contributed by atoms with Crippen LogP contribution < -0.4 is 5.73 Å². The average Bonchev–Trinajstić information content (AvgIpc) is 2.75. The minimum atomic E-state index is -0.0831. The molecule has 2 atom stereocenters. The van der Waals surface area contributed by atoms with Gasteiger partial charge in [-0.25, -0.2) is 0 Å². The zero-order valence-corrected chi connectivity index (χ0v) is 12.1. The molecule has 1 rings (SSSR count). The summed E-state index contributed by atoms with van der Waals surface area (Å²) in [6.45, 7) is 7.27. The summed E-state index contributed by atoms with van der Waals surface area (Å²) in [6, 6.07) is 1.12. The molecular weight excluding hydrogens is 214 g/mol. The third-order valence-corrected chi connectivity index (χ3v) is 3.99. The van der Waals surface area contributed by atoms with Gasteiger partial charge in [0.25, 0.3) is 0 Å². The van der Waals surface area contributed by atoms with E-state index in [1.54, 1.807) is 7.11 Å². The fraction of sp³-hybridized carbons (Fsp3) is 1.00. The molecule has 2 N–H and O–H groups in total. The zero-order chi connectivity index (χ0) is 13.1. The zero-order valence-electron chi connectivity index (χ0n) is 12.1. The Morgan fingerprint density at radius 2 is 2.12 bits per heavy atom. The predicted molar refractivity (Wildman–Crippen MR) is 72.2 cm³/mol. The largest absolute Gasteiger partial charge is 0.379 e. The first-order valence-corrected chi connectivity index (χ1v) is 6.55. The molecule has 0 saturated carbocycles. The van der Waals surface area contributed by atoms with Crippen LogP contribution in [0, 0.1) is 0 Å². The molecule has 1 aliphatic heterocycles. The van der Waals surface area contributed by atoms with Gasteiger partial charge in [0.05, 0.1) is 5.60 Å². The molecule has 1 heterocycles. The van der Waals surface area contributed by atoms with Gasteiger partial charge in [-0.3, -0.25) is 4.90 Å². The summed E-state index contributed by atoms with van der Waals surface area (Å²) in [6.07, 6.45) is 2.25. The van der Waals surface area contributed by atoms with E-state index in [9.17, 15) is 0 Å². The van der Waals surface area contributed by atoms with E-state index in [-0.39, 0.29) is 5.60 Å². The van der Waals surface area contributed by atoms with Crippen LogP contribution in [-0.2, 0) is 4.74 Å². The maximum atomic E-state index is 5.93. The highest BCUT2D eigenvalue weighted by molar-refractivity contribution is 4.88. The van der Waals surface area contributed by atoms with Gasteiger partial charge in [0, 0.05) is 38.8 Å². The minimum absolute atomic E-state index is 0.0831. The van der Waals surface area contributed by atoms with Crippen molar-refractivity contribution in [3.8, 4) is 0 Å². The van der Waals surface area contributed by atoms with Gasteiger partial charge in [0.2, 0.25) is 0 Å². The molecule has 1 aliphatic rings. The fourth-order valence-corrected chi connectivity index (χ4v) is 2.53. The Hall–Kier alpha value is -0.160. The molecule has 102 valence electrons. The van der Waals surface area contributed by atoms with E-state index in [0.717, 1.165) is 19.5 Å². The van der Waals surface area contributed by atoms with Crippen LogP contribution in [0.1, 0.15) is 26.7 Å². The van der Waals surface area contributed by atoms with Crippen molar-refractivity contribution in [3.63, 3.8) is 0 Å². The summed E-state index contributed by atoms with van der Waals surface area (Å²) < 4.78 is 5.51. The summed E-state index contributed by atoms with van der Waals surface area (Å²) in [7, 11) is 6.09. The van der Waals surface area contributed by atoms with Gasteiger partial charge in [-0.15, -0.1) is 0 Å². The van der Waals surface area contributed by atoms with Crippen LogP contribution in [0.3, 0.4) is 0 Å². The number of likely N-dealkylation sites (tertiary alicyclic amines) is 1. The third-order valence-electron chi connectivity index (χ3n) is 3.99. The first-order chi connectivity index (χ1) is 7.89. The van der Waals surface area contributed by atoms with Crippen molar-refractivity contribution in [3.05, 3.63) is 0 Å². The number of rotatable bonds is 6. The monoisotopic (exact) mass is 243 g/mol. The van der Waals surface area contributed by atoms with E-state index in [4.69, 9.17) is 10.5 Å². The molecule has 0 amide bonds. The summed E-state index contributed by atoms with van der Waals surface area (Å²) in [5.74, 6) is 0. The first-order valence-electron chi connectivity index (χ1n) is 6.55. The van der Waals surface area contributed by atoms with E-state index < -0.39 is 0 Å². The normalized spacial score (nSPS) is 24.5. The lowest BCUT2D eigenvalue weighted by molar-refractivity contribution is -0.00534. The Morgan fingerprint density at radius 1 is 1.47 bits per heavy atom. The molecule has 0 aromatic carbocycles. The van der Waals surface area contributed by atoms with Crippen molar-refractivity contribution in [1.29, 1.82) is 0 Å². The summed E-state index contributed by atoms with van der Waals surface area (Å²) >= 11 is 0. The van der Waals surface area contributed by atoms with Crippen molar-refractivity contribution in [2.75, 3.05) is 40.8 Å². The van der Waals surface area contributed by atoms with Gasteiger partial charge in [-0.2, -0.15) is 0 Å². The lowest BCUT2D eigenvalue weighted by Crippen LogP contribution is -2.45. The second kappa shape index (κ2) is 6.14. The fourth-order valence-electron chi connectivity index (χ4n) is 2.53. The number of hydrogen-bond donors (Lipinski definition) is 1. The number of nitrogens with two attached hydrogens (primary N) is 1. The van der Waals surface area contributed by atoms with Crippen molar-refractivity contribution >= 4 is 0 Å². The second-order valence-corrected chi connectivity index (χ2v) is 5.96. The van der Waals surface area contributed by atoms with E-state index >= 15 is 0 Å². The maximum Gasteiger partial charge on any atom is 0.0638 e. The van der Waals surface area contributed by atoms with Crippen LogP contribution in [-0.4, -0.2) is 68.3 Å². The molecule has 0 aromatic rings. The first kappa shape index (κ1) is 14.9. The van der Waals surface area contributed by atoms with Gasteiger partial charge in [-0.1, -0.05) is 0 Å². The maximum absolute atomic E-state index is 5.93. The standard InChI is InChI=1S/C13H29N3O/c1-13(2,17-5)8-12(9-14)16-7-6-11(10-16)15(3)4/h11-12H,6-10,14H2,1-5H3. The molecule has 4 heteroatoms.